The number of anilines is 1. The van der Waals surface area contributed by atoms with Gasteiger partial charge in [-0.25, -0.2) is 0 Å². The molecule has 0 aromatic heterocycles. The second-order valence-electron chi connectivity index (χ2n) is 6.08. The Labute approximate surface area is 154 Å². The Hall–Kier alpha value is -2.21. The van der Waals surface area contributed by atoms with Gasteiger partial charge in [0.25, 0.3) is 11.8 Å². The van der Waals surface area contributed by atoms with E-state index in [1.165, 1.54) is 18.5 Å². The van der Waals surface area contributed by atoms with Crippen LogP contribution in [0.1, 0.15) is 45.1 Å². The number of benzene rings is 1. The lowest BCUT2D eigenvalue weighted by Crippen LogP contribution is -2.51. The van der Waals surface area contributed by atoms with Crippen LogP contribution in [-0.2, 0) is 9.59 Å². The predicted octanol–water partition coefficient (Wildman–Crippen LogP) is 3.01. The third kappa shape index (κ3) is 5.39. The normalized spacial score (nSPS) is 14.2. The lowest BCUT2D eigenvalue weighted by Gasteiger charge is -2.25. The zero-order chi connectivity index (χ0) is 18.2. The van der Waals surface area contributed by atoms with E-state index in [1.807, 2.05) is 24.3 Å². The van der Waals surface area contributed by atoms with Crippen LogP contribution in [0.25, 0.3) is 6.08 Å². The lowest BCUT2D eigenvalue weighted by atomic mass is 10.1. The molecule has 0 bridgehead atoms. The van der Waals surface area contributed by atoms with Crippen molar-refractivity contribution >= 4 is 40.9 Å². The quantitative estimate of drug-likeness (QED) is 0.425. The van der Waals surface area contributed by atoms with E-state index < -0.39 is 11.8 Å². The SMILES string of the molecule is CCCCN(CCCC)c1ccc(C=C2C(=O)NC(=S)NC2=O)cc1. The summed E-state index contributed by atoms with van der Waals surface area (Å²) in [5, 5.41) is 4.93. The van der Waals surface area contributed by atoms with Gasteiger partial charge in [0, 0.05) is 18.8 Å². The van der Waals surface area contributed by atoms with E-state index in [9.17, 15) is 9.59 Å². The van der Waals surface area contributed by atoms with Crippen LogP contribution in [-0.4, -0.2) is 30.0 Å². The molecule has 25 heavy (non-hydrogen) atoms. The summed E-state index contributed by atoms with van der Waals surface area (Å²) in [5.41, 5.74) is 2.04. The number of nitrogens with one attached hydrogen (secondary N) is 2. The van der Waals surface area contributed by atoms with Crippen molar-refractivity contribution in [3.63, 3.8) is 0 Å². The van der Waals surface area contributed by atoms with Gasteiger partial charge in [0.05, 0.1) is 0 Å². The number of hydrogen-bond acceptors (Lipinski definition) is 4. The van der Waals surface area contributed by atoms with Crippen molar-refractivity contribution in [2.75, 3.05) is 18.0 Å². The van der Waals surface area contributed by atoms with Crippen molar-refractivity contribution < 1.29 is 9.59 Å². The summed E-state index contributed by atoms with van der Waals surface area (Å²) in [6, 6.07) is 7.95. The Morgan fingerprint density at radius 3 is 1.96 bits per heavy atom. The van der Waals surface area contributed by atoms with E-state index in [4.69, 9.17) is 12.2 Å². The number of carbonyl (C=O) groups is 2. The van der Waals surface area contributed by atoms with Gasteiger partial charge in [-0.3, -0.25) is 20.2 Å². The molecule has 0 spiro atoms. The Bertz CT molecular complexity index is 638. The van der Waals surface area contributed by atoms with E-state index in [0.717, 1.165) is 31.5 Å². The van der Waals surface area contributed by atoms with Gasteiger partial charge < -0.3 is 4.90 Å². The summed E-state index contributed by atoms with van der Waals surface area (Å²) < 4.78 is 0. The van der Waals surface area contributed by atoms with E-state index in [-0.39, 0.29) is 10.7 Å². The van der Waals surface area contributed by atoms with Crippen LogP contribution in [0.2, 0.25) is 0 Å². The molecule has 134 valence electrons. The number of unbranched alkanes of at least 4 members (excludes halogenated alkanes) is 2. The molecule has 2 amide bonds. The van der Waals surface area contributed by atoms with Gasteiger partial charge in [0.2, 0.25) is 0 Å². The summed E-state index contributed by atoms with van der Waals surface area (Å²) in [5.74, 6) is -0.935. The van der Waals surface area contributed by atoms with Gasteiger partial charge in [0.15, 0.2) is 5.11 Å². The Morgan fingerprint density at radius 2 is 1.48 bits per heavy atom. The van der Waals surface area contributed by atoms with Crippen molar-refractivity contribution in [2.45, 2.75) is 39.5 Å². The molecule has 1 saturated heterocycles. The molecule has 5 nitrogen and oxygen atoms in total. The van der Waals surface area contributed by atoms with Crippen molar-refractivity contribution in [1.82, 2.24) is 10.6 Å². The third-order valence-electron chi connectivity index (χ3n) is 4.08. The monoisotopic (exact) mass is 359 g/mol. The van der Waals surface area contributed by atoms with Crippen LogP contribution in [0, 0.1) is 0 Å². The molecule has 0 radical (unpaired) electrons. The van der Waals surface area contributed by atoms with Crippen LogP contribution in [0.5, 0.6) is 0 Å². The van der Waals surface area contributed by atoms with E-state index in [1.54, 1.807) is 6.08 Å². The molecule has 0 saturated carbocycles. The number of hydrogen-bond donors (Lipinski definition) is 2. The second kappa shape index (κ2) is 9.32. The van der Waals surface area contributed by atoms with Crippen molar-refractivity contribution in [1.29, 1.82) is 0 Å². The largest absolute Gasteiger partial charge is 0.372 e. The Kier molecular flexibility index (Phi) is 7.13. The van der Waals surface area contributed by atoms with Gasteiger partial charge in [-0.15, -0.1) is 0 Å². The standard InChI is InChI=1S/C19H25N3O2S/c1-3-5-11-22(12-6-4-2)15-9-7-14(8-10-15)13-16-17(23)20-19(25)21-18(16)24/h7-10,13H,3-6,11-12H2,1-2H3,(H2,20,21,23,24,25). The van der Waals surface area contributed by atoms with Crippen LogP contribution >= 0.6 is 12.2 Å². The molecular weight excluding hydrogens is 334 g/mol. The molecule has 2 rings (SSSR count). The molecule has 0 aliphatic carbocycles. The molecule has 0 unspecified atom stereocenters. The second-order valence-corrected chi connectivity index (χ2v) is 6.49. The number of nitrogens with zero attached hydrogens (tertiary/aromatic N) is 1. The minimum absolute atomic E-state index is 0.0463. The highest BCUT2D eigenvalue weighted by atomic mass is 32.1. The van der Waals surface area contributed by atoms with Crippen molar-refractivity contribution in [3.8, 4) is 0 Å². The smallest absolute Gasteiger partial charge is 0.263 e. The van der Waals surface area contributed by atoms with E-state index in [0.29, 0.717) is 0 Å². The zero-order valence-corrected chi connectivity index (χ0v) is 15.6. The summed E-state index contributed by atoms with van der Waals surface area (Å²) >= 11 is 4.80. The number of amides is 2. The van der Waals surface area contributed by atoms with Crippen LogP contribution in [0.3, 0.4) is 0 Å². The Balaban J connectivity index is 2.14. The molecule has 1 aliphatic rings. The van der Waals surface area contributed by atoms with Gasteiger partial charge in [-0.1, -0.05) is 38.8 Å². The number of carbonyl (C=O) groups excluding carboxylic acids is 2. The minimum Gasteiger partial charge on any atom is -0.372 e. The first-order valence-electron chi connectivity index (χ1n) is 8.78. The maximum absolute atomic E-state index is 11.9. The number of rotatable bonds is 8. The van der Waals surface area contributed by atoms with Gasteiger partial charge in [0.1, 0.15) is 5.57 Å². The molecule has 1 aromatic rings. The van der Waals surface area contributed by atoms with E-state index >= 15 is 0 Å². The molecule has 6 heteroatoms. The molecular formula is C19H25N3O2S. The predicted molar refractivity (Wildman–Crippen MR) is 105 cm³/mol. The third-order valence-corrected chi connectivity index (χ3v) is 4.28. The van der Waals surface area contributed by atoms with Gasteiger partial charge in [-0.2, -0.15) is 0 Å². The van der Waals surface area contributed by atoms with E-state index in [2.05, 4.69) is 29.4 Å². The Morgan fingerprint density at radius 1 is 0.960 bits per heavy atom. The highest BCUT2D eigenvalue weighted by molar-refractivity contribution is 7.80. The van der Waals surface area contributed by atoms with Gasteiger partial charge >= 0.3 is 0 Å². The molecule has 1 fully saturated rings. The van der Waals surface area contributed by atoms with Crippen molar-refractivity contribution in [2.24, 2.45) is 0 Å². The molecule has 1 aromatic carbocycles. The summed E-state index contributed by atoms with van der Waals surface area (Å²) in [6.07, 6.45) is 6.24. The molecule has 1 heterocycles. The van der Waals surface area contributed by atoms with Crippen LogP contribution in [0.15, 0.2) is 29.8 Å². The lowest BCUT2D eigenvalue weighted by molar-refractivity contribution is -0.123. The first-order chi connectivity index (χ1) is 12.0. The summed E-state index contributed by atoms with van der Waals surface area (Å²) in [7, 11) is 0. The fourth-order valence-electron chi connectivity index (χ4n) is 2.62. The summed E-state index contributed by atoms with van der Waals surface area (Å²) in [6.45, 7) is 6.47. The maximum atomic E-state index is 11.9. The first-order valence-corrected chi connectivity index (χ1v) is 9.19. The average molecular weight is 359 g/mol. The minimum atomic E-state index is -0.467. The average Bonchev–Trinajstić information content (AvgIpc) is 2.59. The fraction of sp³-hybridized carbons (Fsp3) is 0.421. The highest BCUT2D eigenvalue weighted by Gasteiger charge is 2.25. The number of thiocarbonyl (C=S) groups is 1. The summed E-state index contributed by atoms with van der Waals surface area (Å²) in [4.78, 5) is 26.2. The molecule has 0 atom stereocenters. The van der Waals surface area contributed by atoms with Crippen LogP contribution in [0.4, 0.5) is 5.69 Å². The zero-order valence-electron chi connectivity index (χ0n) is 14.8. The topological polar surface area (TPSA) is 61.4 Å². The maximum Gasteiger partial charge on any atom is 0.263 e. The van der Waals surface area contributed by atoms with Crippen LogP contribution < -0.4 is 15.5 Å². The fourth-order valence-corrected chi connectivity index (χ4v) is 2.81. The van der Waals surface area contributed by atoms with Gasteiger partial charge in [-0.05, 0) is 48.8 Å². The molecule has 1 aliphatic heterocycles. The molecule has 2 N–H and O–H groups in total. The first kappa shape index (κ1) is 19.1. The highest BCUT2D eigenvalue weighted by Crippen LogP contribution is 2.19. The van der Waals surface area contributed by atoms with Crippen molar-refractivity contribution in [3.05, 3.63) is 35.4 Å².